The predicted octanol–water partition coefficient (Wildman–Crippen LogP) is 0.250. The molecule has 1 unspecified atom stereocenters. The molecule has 1 heterocycles. The van der Waals surface area contributed by atoms with E-state index in [2.05, 4.69) is 27.2 Å². The van der Waals surface area contributed by atoms with Crippen LogP contribution in [0.1, 0.15) is 44.9 Å². The normalized spacial score (nSPS) is 24.5. The largest absolute Gasteiger partial charge is 0.393 e. The highest BCUT2D eigenvalue weighted by molar-refractivity contribution is 5.26. The Morgan fingerprint density at radius 1 is 1.15 bits per heavy atom. The van der Waals surface area contributed by atoms with Gasteiger partial charge in [0, 0.05) is 18.5 Å². The summed E-state index contributed by atoms with van der Waals surface area (Å²) in [5.41, 5.74) is 11.2. The maximum absolute atomic E-state index is 9.53. The number of aliphatic hydroxyl groups excluding tert-OH is 1. The molecule has 112 valence electrons. The van der Waals surface area contributed by atoms with E-state index in [1.54, 1.807) is 0 Å². The Hall–Kier alpha value is -1.47. The van der Waals surface area contributed by atoms with Gasteiger partial charge >= 0.3 is 0 Å². The number of hydrogen-bond acceptors (Lipinski definition) is 7. The van der Waals surface area contributed by atoms with Crippen molar-refractivity contribution in [2.45, 2.75) is 63.6 Å². The fourth-order valence-corrected chi connectivity index (χ4v) is 2.67. The summed E-state index contributed by atoms with van der Waals surface area (Å²) in [6.45, 7) is 2.13. The van der Waals surface area contributed by atoms with Crippen LogP contribution in [0.5, 0.6) is 0 Å². The van der Waals surface area contributed by atoms with E-state index in [-0.39, 0.29) is 24.0 Å². The van der Waals surface area contributed by atoms with E-state index in [0.717, 1.165) is 32.1 Å². The lowest BCUT2D eigenvalue weighted by atomic mass is 9.92. The summed E-state index contributed by atoms with van der Waals surface area (Å²) >= 11 is 0. The number of nitrogens with two attached hydrogens (primary N) is 2. The van der Waals surface area contributed by atoms with E-state index in [4.69, 9.17) is 11.5 Å². The molecule has 0 spiro atoms. The number of nitrogen functional groups attached to an aromatic ring is 2. The first kappa shape index (κ1) is 14.9. The van der Waals surface area contributed by atoms with Gasteiger partial charge in [0.25, 0.3) is 0 Å². The Bertz CT molecular complexity index is 413. The number of aromatic nitrogens is 3. The van der Waals surface area contributed by atoms with Gasteiger partial charge in [0.15, 0.2) is 0 Å². The van der Waals surface area contributed by atoms with Gasteiger partial charge in [0.1, 0.15) is 5.82 Å². The molecule has 1 aliphatic rings. The van der Waals surface area contributed by atoms with Crippen LogP contribution in [0.4, 0.5) is 11.9 Å². The zero-order chi connectivity index (χ0) is 14.5. The lowest BCUT2D eigenvalue weighted by Gasteiger charge is -2.30. The van der Waals surface area contributed by atoms with Crippen molar-refractivity contribution in [3.8, 4) is 0 Å². The van der Waals surface area contributed by atoms with E-state index in [1.165, 1.54) is 0 Å². The molecule has 0 amide bonds. The first-order valence-corrected chi connectivity index (χ1v) is 7.26. The number of hydrogen-bond donors (Lipinski definition) is 4. The molecule has 1 aromatic rings. The lowest BCUT2D eigenvalue weighted by Crippen LogP contribution is -2.42. The van der Waals surface area contributed by atoms with Crippen LogP contribution in [0.2, 0.25) is 0 Å². The highest BCUT2D eigenvalue weighted by atomic mass is 16.3. The zero-order valence-electron chi connectivity index (χ0n) is 11.9. The van der Waals surface area contributed by atoms with E-state index in [1.807, 2.05) is 0 Å². The molecule has 0 aromatic carbocycles. The second kappa shape index (κ2) is 6.81. The van der Waals surface area contributed by atoms with Crippen molar-refractivity contribution in [2.75, 3.05) is 11.5 Å². The number of aliphatic hydroxyl groups is 1. The van der Waals surface area contributed by atoms with Crippen molar-refractivity contribution in [3.05, 3.63) is 5.82 Å². The van der Waals surface area contributed by atoms with Crippen LogP contribution in [-0.4, -0.2) is 38.2 Å². The summed E-state index contributed by atoms with van der Waals surface area (Å²) in [5.74, 6) is 0.969. The fraction of sp³-hybridized carbons (Fsp3) is 0.769. The Morgan fingerprint density at radius 2 is 1.75 bits per heavy atom. The van der Waals surface area contributed by atoms with E-state index < -0.39 is 0 Å². The smallest absolute Gasteiger partial charge is 0.225 e. The first-order chi connectivity index (χ1) is 9.56. The molecule has 2 rings (SSSR count). The summed E-state index contributed by atoms with van der Waals surface area (Å²) in [6, 6.07) is 0.747. The zero-order valence-corrected chi connectivity index (χ0v) is 11.9. The monoisotopic (exact) mass is 280 g/mol. The summed E-state index contributed by atoms with van der Waals surface area (Å²) in [7, 11) is 0. The average molecular weight is 280 g/mol. The third-order valence-corrected chi connectivity index (χ3v) is 3.81. The van der Waals surface area contributed by atoms with Gasteiger partial charge in [-0.15, -0.1) is 0 Å². The molecule has 7 nitrogen and oxygen atoms in total. The van der Waals surface area contributed by atoms with Crippen LogP contribution in [-0.2, 0) is 6.42 Å². The fourth-order valence-electron chi connectivity index (χ4n) is 2.67. The molecule has 1 saturated carbocycles. The maximum atomic E-state index is 9.53. The second-order valence-electron chi connectivity index (χ2n) is 5.45. The molecule has 0 radical (unpaired) electrons. The van der Waals surface area contributed by atoms with Crippen LogP contribution in [0.3, 0.4) is 0 Å². The van der Waals surface area contributed by atoms with Crippen molar-refractivity contribution in [2.24, 2.45) is 0 Å². The molecule has 1 aliphatic carbocycles. The van der Waals surface area contributed by atoms with Gasteiger partial charge in [-0.05, 0) is 32.1 Å². The summed E-state index contributed by atoms with van der Waals surface area (Å²) in [4.78, 5) is 12.0. The minimum Gasteiger partial charge on any atom is -0.393 e. The Morgan fingerprint density at radius 3 is 2.30 bits per heavy atom. The second-order valence-corrected chi connectivity index (χ2v) is 5.45. The van der Waals surface area contributed by atoms with Crippen molar-refractivity contribution >= 4 is 11.9 Å². The summed E-state index contributed by atoms with van der Waals surface area (Å²) in [6.07, 6.45) is 5.31. The van der Waals surface area contributed by atoms with Crippen LogP contribution in [0.25, 0.3) is 0 Å². The summed E-state index contributed by atoms with van der Waals surface area (Å²) < 4.78 is 0. The Balaban J connectivity index is 1.91. The Kier molecular flexibility index (Phi) is 5.08. The molecule has 0 aliphatic heterocycles. The molecule has 6 N–H and O–H groups in total. The molecular weight excluding hydrogens is 256 g/mol. The molecular formula is C13H24N6O. The number of nitrogens with one attached hydrogen (secondary N) is 1. The van der Waals surface area contributed by atoms with Gasteiger partial charge in [0.05, 0.1) is 6.10 Å². The van der Waals surface area contributed by atoms with Gasteiger partial charge < -0.3 is 21.9 Å². The first-order valence-electron chi connectivity index (χ1n) is 7.26. The number of nitrogens with zero attached hydrogens (tertiary/aromatic N) is 3. The maximum Gasteiger partial charge on any atom is 0.225 e. The van der Waals surface area contributed by atoms with Gasteiger partial charge in [-0.2, -0.15) is 15.0 Å². The van der Waals surface area contributed by atoms with Crippen LogP contribution in [0.15, 0.2) is 0 Å². The highest BCUT2D eigenvalue weighted by Gasteiger charge is 2.22. The van der Waals surface area contributed by atoms with E-state index in [9.17, 15) is 5.11 Å². The van der Waals surface area contributed by atoms with Crippen molar-refractivity contribution in [3.63, 3.8) is 0 Å². The molecule has 7 heteroatoms. The quantitative estimate of drug-likeness (QED) is 0.609. The van der Waals surface area contributed by atoms with Crippen LogP contribution in [0, 0.1) is 0 Å². The molecule has 20 heavy (non-hydrogen) atoms. The van der Waals surface area contributed by atoms with Crippen molar-refractivity contribution < 1.29 is 5.11 Å². The van der Waals surface area contributed by atoms with Crippen molar-refractivity contribution in [1.82, 2.24) is 20.3 Å². The third kappa shape index (κ3) is 4.28. The number of rotatable bonds is 5. The Labute approximate surface area is 119 Å². The lowest BCUT2D eigenvalue weighted by molar-refractivity contribution is 0.114. The molecule has 1 atom stereocenters. The van der Waals surface area contributed by atoms with Gasteiger partial charge in [-0.3, -0.25) is 0 Å². The molecule has 1 fully saturated rings. The minimum atomic E-state index is -0.128. The van der Waals surface area contributed by atoms with Gasteiger partial charge in [0.2, 0.25) is 11.9 Å². The van der Waals surface area contributed by atoms with E-state index in [0.29, 0.717) is 18.3 Å². The molecule has 0 bridgehead atoms. The standard InChI is InChI=1S/C13H24N6O/c1-2-8(16-9-3-5-10(20)6-4-9)7-11-17-12(14)19-13(15)18-11/h8-10,16,20H,2-7H2,1H3,(H4,14,15,17,18,19). The van der Waals surface area contributed by atoms with Crippen molar-refractivity contribution in [1.29, 1.82) is 0 Å². The van der Waals surface area contributed by atoms with Gasteiger partial charge in [-0.25, -0.2) is 0 Å². The van der Waals surface area contributed by atoms with Crippen LogP contribution >= 0.6 is 0 Å². The van der Waals surface area contributed by atoms with Gasteiger partial charge in [-0.1, -0.05) is 6.92 Å². The third-order valence-electron chi connectivity index (χ3n) is 3.81. The molecule has 0 saturated heterocycles. The summed E-state index contributed by atoms with van der Waals surface area (Å²) in [5, 5.41) is 13.2. The average Bonchev–Trinajstić information content (AvgIpc) is 2.39. The predicted molar refractivity (Wildman–Crippen MR) is 77.8 cm³/mol. The SMILES string of the molecule is CCC(Cc1nc(N)nc(N)n1)NC1CCC(O)CC1. The van der Waals surface area contributed by atoms with E-state index >= 15 is 0 Å². The highest BCUT2D eigenvalue weighted by Crippen LogP contribution is 2.19. The number of anilines is 2. The minimum absolute atomic E-state index is 0.128. The topological polar surface area (TPSA) is 123 Å². The molecule has 1 aromatic heterocycles. The van der Waals surface area contributed by atoms with Crippen LogP contribution < -0.4 is 16.8 Å².